The monoisotopic (exact) mass is 286 g/mol. The van der Waals surface area contributed by atoms with Gasteiger partial charge in [0.2, 0.25) is 11.8 Å². The Morgan fingerprint density at radius 3 is 2.52 bits per heavy atom. The van der Waals surface area contributed by atoms with Crippen LogP contribution in [0.3, 0.4) is 0 Å². The molecule has 5 nitrogen and oxygen atoms in total. The second kappa shape index (κ2) is 4.69. The highest BCUT2D eigenvalue weighted by Crippen LogP contribution is 2.33. The molecule has 110 valence electrons. The normalized spacial score (nSPS) is 21.6. The number of nitrogens with zero attached hydrogens (tertiary/aromatic N) is 1. The first-order chi connectivity index (χ1) is 9.90. The van der Waals surface area contributed by atoms with Gasteiger partial charge in [-0.1, -0.05) is 6.07 Å². The molecule has 0 aromatic heterocycles. The summed E-state index contributed by atoms with van der Waals surface area (Å²) in [4.78, 5) is 37.5. The highest BCUT2D eigenvalue weighted by Gasteiger charge is 2.40. The molecule has 0 aliphatic carbocycles. The lowest BCUT2D eigenvalue weighted by Crippen LogP contribution is -2.52. The summed E-state index contributed by atoms with van der Waals surface area (Å²) in [5.41, 5.74) is 4.96. The van der Waals surface area contributed by atoms with Gasteiger partial charge in [-0.3, -0.25) is 19.7 Å². The third-order valence-corrected chi connectivity index (χ3v) is 4.56. The summed E-state index contributed by atoms with van der Waals surface area (Å²) >= 11 is 0. The van der Waals surface area contributed by atoms with Crippen LogP contribution in [-0.2, 0) is 16.1 Å². The highest BCUT2D eigenvalue weighted by molar-refractivity contribution is 6.06. The van der Waals surface area contributed by atoms with E-state index in [9.17, 15) is 14.4 Å². The molecular weight excluding hydrogens is 268 g/mol. The molecule has 0 saturated carbocycles. The van der Waals surface area contributed by atoms with Gasteiger partial charge in [-0.15, -0.1) is 0 Å². The van der Waals surface area contributed by atoms with Crippen molar-refractivity contribution in [2.24, 2.45) is 0 Å². The molecule has 1 fully saturated rings. The van der Waals surface area contributed by atoms with Gasteiger partial charge < -0.3 is 4.90 Å². The van der Waals surface area contributed by atoms with Gasteiger partial charge in [0, 0.05) is 18.5 Å². The van der Waals surface area contributed by atoms with E-state index in [2.05, 4.69) is 5.32 Å². The van der Waals surface area contributed by atoms with Gasteiger partial charge in [0.1, 0.15) is 6.04 Å². The molecule has 1 aromatic carbocycles. The van der Waals surface area contributed by atoms with Crippen molar-refractivity contribution in [3.05, 3.63) is 33.9 Å². The van der Waals surface area contributed by atoms with Crippen molar-refractivity contribution in [2.45, 2.75) is 46.2 Å². The molecule has 21 heavy (non-hydrogen) atoms. The number of carbonyl (C=O) groups excluding carboxylic acids is 3. The lowest BCUT2D eigenvalue weighted by atomic mass is 9.95. The molecule has 5 heteroatoms. The Balaban J connectivity index is 1.97. The molecule has 1 atom stereocenters. The number of carbonyl (C=O) groups is 3. The van der Waals surface area contributed by atoms with E-state index in [0.717, 1.165) is 27.8 Å². The molecule has 3 amide bonds. The molecule has 1 saturated heterocycles. The number of hydrogen-bond donors (Lipinski definition) is 1. The van der Waals surface area contributed by atoms with Crippen LogP contribution >= 0.6 is 0 Å². The van der Waals surface area contributed by atoms with Crippen LogP contribution in [-0.4, -0.2) is 28.7 Å². The molecule has 2 aliphatic rings. The van der Waals surface area contributed by atoms with Crippen LogP contribution in [0.1, 0.15) is 45.5 Å². The van der Waals surface area contributed by atoms with E-state index in [-0.39, 0.29) is 24.1 Å². The quantitative estimate of drug-likeness (QED) is 0.793. The van der Waals surface area contributed by atoms with E-state index in [1.807, 2.05) is 26.8 Å². The summed E-state index contributed by atoms with van der Waals surface area (Å²) in [6, 6.07) is 1.47. The molecule has 1 N–H and O–H groups in total. The van der Waals surface area contributed by atoms with Crippen LogP contribution in [0.15, 0.2) is 6.07 Å². The van der Waals surface area contributed by atoms with Crippen molar-refractivity contribution >= 4 is 17.7 Å². The second-order valence-electron chi connectivity index (χ2n) is 5.89. The molecule has 1 unspecified atom stereocenters. The SMILES string of the molecule is Cc1cc(C)c2c(c1C)CN(C1CCC(=O)NC1=O)C2=O. The summed E-state index contributed by atoms with van der Waals surface area (Å²) in [5.74, 6) is -0.719. The van der Waals surface area contributed by atoms with Crippen LogP contribution in [0.5, 0.6) is 0 Å². The summed E-state index contributed by atoms with van der Waals surface area (Å²) in [6.45, 7) is 6.42. The van der Waals surface area contributed by atoms with Gasteiger partial charge in [-0.2, -0.15) is 0 Å². The fourth-order valence-corrected chi connectivity index (χ4v) is 3.28. The number of rotatable bonds is 1. The van der Waals surface area contributed by atoms with E-state index in [1.54, 1.807) is 4.90 Å². The molecule has 3 rings (SSSR count). The van der Waals surface area contributed by atoms with Crippen molar-refractivity contribution in [3.63, 3.8) is 0 Å². The van der Waals surface area contributed by atoms with Gasteiger partial charge in [-0.25, -0.2) is 0 Å². The molecular formula is C16H18N2O3. The van der Waals surface area contributed by atoms with E-state index in [1.165, 1.54) is 0 Å². The Hall–Kier alpha value is -2.17. The molecule has 2 aliphatic heterocycles. The fraction of sp³-hybridized carbons (Fsp3) is 0.438. The van der Waals surface area contributed by atoms with Gasteiger partial charge >= 0.3 is 0 Å². The van der Waals surface area contributed by atoms with Crippen LogP contribution in [0, 0.1) is 20.8 Å². The number of imide groups is 1. The number of fused-ring (bicyclic) bond motifs is 1. The number of nitrogens with one attached hydrogen (secondary N) is 1. The maximum absolute atomic E-state index is 12.7. The Kier molecular flexibility index (Phi) is 3.08. The lowest BCUT2D eigenvalue weighted by Gasteiger charge is -2.29. The zero-order chi connectivity index (χ0) is 15.3. The Labute approximate surface area is 123 Å². The topological polar surface area (TPSA) is 66.5 Å². The van der Waals surface area contributed by atoms with Crippen molar-refractivity contribution in [1.29, 1.82) is 0 Å². The number of amides is 3. The van der Waals surface area contributed by atoms with Crippen LogP contribution in [0.2, 0.25) is 0 Å². The number of piperidine rings is 1. The third kappa shape index (κ3) is 2.04. The first-order valence-electron chi connectivity index (χ1n) is 7.14. The lowest BCUT2D eigenvalue weighted by molar-refractivity contribution is -0.136. The van der Waals surface area contributed by atoms with Crippen LogP contribution < -0.4 is 5.32 Å². The Morgan fingerprint density at radius 1 is 1.14 bits per heavy atom. The van der Waals surface area contributed by atoms with Crippen LogP contribution in [0.25, 0.3) is 0 Å². The predicted molar refractivity (Wildman–Crippen MR) is 76.7 cm³/mol. The van der Waals surface area contributed by atoms with Crippen molar-refractivity contribution in [2.75, 3.05) is 0 Å². The van der Waals surface area contributed by atoms with Gasteiger partial charge in [0.25, 0.3) is 5.91 Å². The van der Waals surface area contributed by atoms with Crippen molar-refractivity contribution in [1.82, 2.24) is 10.2 Å². The standard InChI is InChI=1S/C16H18N2O3/c1-8-6-9(2)14-11(10(8)3)7-18(16(14)21)12-4-5-13(19)17-15(12)20/h6,12H,4-5,7H2,1-3H3,(H,17,19,20). The number of aryl methyl sites for hydroxylation is 2. The first kappa shape index (κ1) is 13.8. The number of hydrogen-bond acceptors (Lipinski definition) is 3. The summed E-state index contributed by atoms with van der Waals surface area (Å²) in [6.07, 6.45) is 0.689. The smallest absolute Gasteiger partial charge is 0.255 e. The Bertz CT molecular complexity index is 679. The van der Waals surface area contributed by atoms with Gasteiger partial charge in [0.15, 0.2) is 0 Å². The van der Waals surface area contributed by atoms with Crippen LogP contribution in [0.4, 0.5) is 0 Å². The van der Waals surface area contributed by atoms with Gasteiger partial charge in [0.05, 0.1) is 0 Å². The molecule has 0 bridgehead atoms. The maximum atomic E-state index is 12.7. The first-order valence-corrected chi connectivity index (χ1v) is 7.14. The highest BCUT2D eigenvalue weighted by atomic mass is 16.2. The summed E-state index contributed by atoms with van der Waals surface area (Å²) in [5, 5.41) is 2.32. The minimum absolute atomic E-state index is 0.0971. The molecule has 2 heterocycles. The summed E-state index contributed by atoms with van der Waals surface area (Å²) < 4.78 is 0. The largest absolute Gasteiger partial charge is 0.322 e. The predicted octanol–water partition coefficient (Wildman–Crippen LogP) is 1.37. The molecule has 0 spiro atoms. The minimum Gasteiger partial charge on any atom is -0.322 e. The Morgan fingerprint density at radius 2 is 1.86 bits per heavy atom. The molecule has 0 radical (unpaired) electrons. The van der Waals surface area contributed by atoms with Crippen molar-refractivity contribution < 1.29 is 14.4 Å². The maximum Gasteiger partial charge on any atom is 0.255 e. The third-order valence-electron chi connectivity index (χ3n) is 4.56. The zero-order valence-electron chi connectivity index (χ0n) is 12.4. The second-order valence-corrected chi connectivity index (χ2v) is 5.89. The van der Waals surface area contributed by atoms with E-state index < -0.39 is 6.04 Å². The van der Waals surface area contributed by atoms with E-state index in [0.29, 0.717) is 13.0 Å². The van der Waals surface area contributed by atoms with Crippen molar-refractivity contribution in [3.8, 4) is 0 Å². The average molecular weight is 286 g/mol. The molecule has 1 aromatic rings. The fourth-order valence-electron chi connectivity index (χ4n) is 3.28. The average Bonchev–Trinajstić information content (AvgIpc) is 2.75. The van der Waals surface area contributed by atoms with E-state index >= 15 is 0 Å². The summed E-state index contributed by atoms with van der Waals surface area (Å²) in [7, 11) is 0. The zero-order valence-corrected chi connectivity index (χ0v) is 12.4. The minimum atomic E-state index is -0.540. The number of benzene rings is 1. The van der Waals surface area contributed by atoms with E-state index in [4.69, 9.17) is 0 Å². The van der Waals surface area contributed by atoms with Gasteiger partial charge in [-0.05, 0) is 49.4 Å².